The summed E-state index contributed by atoms with van der Waals surface area (Å²) in [7, 11) is -1.88. The van der Waals surface area contributed by atoms with Crippen LogP contribution in [0.2, 0.25) is 0 Å². The standard InChI is InChI=1S/C15H24N2O2S/c1-5-9-16-12-14-8-7-13(3)15(11-14)20(18,19)17(4)10-6-2/h6-8,11,16H,2,5,9-10,12H2,1,3-4H3. The van der Waals surface area contributed by atoms with E-state index in [0.717, 1.165) is 24.1 Å². The fourth-order valence-electron chi connectivity index (χ4n) is 1.89. The van der Waals surface area contributed by atoms with Crippen LogP contribution in [0.3, 0.4) is 0 Å². The van der Waals surface area contributed by atoms with Crippen molar-refractivity contribution in [3.05, 3.63) is 42.0 Å². The maximum atomic E-state index is 12.5. The number of hydrogen-bond donors (Lipinski definition) is 1. The van der Waals surface area contributed by atoms with Gasteiger partial charge in [-0.2, -0.15) is 4.31 Å². The van der Waals surface area contributed by atoms with Gasteiger partial charge >= 0.3 is 0 Å². The molecule has 1 aromatic carbocycles. The second-order valence-corrected chi connectivity index (χ2v) is 6.86. The number of aryl methyl sites for hydroxylation is 1. The first-order chi connectivity index (χ1) is 9.43. The molecule has 0 aromatic heterocycles. The maximum absolute atomic E-state index is 12.5. The molecule has 20 heavy (non-hydrogen) atoms. The van der Waals surface area contributed by atoms with E-state index in [9.17, 15) is 8.42 Å². The number of sulfonamides is 1. The lowest BCUT2D eigenvalue weighted by Crippen LogP contribution is -2.27. The molecule has 0 unspecified atom stereocenters. The van der Waals surface area contributed by atoms with E-state index in [1.807, 2.05) is 19.1 Å². The van der Waals surface area contributed by atoms with Crippen molar-refractivity contribution in [1.29, 1.82) is 0 Å². The van der Waals surface area contributed by atoms with E-state index < -0.39 is 10.0 Å². The smallest absolute Gasteiger partial charge is 0.243 e. The predicted molar refractivity (Wildman–Crippen MR) is 83.2 cm³/mol. The van der Waals surface area contributed by atoms with Crippen LogP contribution in [0.5, 0.6) is 0 Å². The molecule has 0 bridgehead atoms. The Kier molecular flexibility index (Phi) is 6.39. The van der Waals surface area contributed by atoms with Gasteiger partial charge in [-0.25, -0.2) is 8.42 Å². The third-order valence-corrected chi connectivity index (χ3v) is 5.05. The molecule has 0 aliphatic heterocycles. The van der Waals surface area contributed by atoms with Gasteiger partial charge in [0.2, 0.25) is 10.0 Å². The minimum atomic E-state index is -3.45. The first kappa shape index (κ1) is 16.9. The number of rotatable bonds is 8. The van der Waals surface area contributed by atoms with E-state index >= 15 is 0 Å². The molecule has 1 N–H and O–H groups in total. The fourth-order valence-corrected chi connectivity index (χ4v) is 3.30. The van der Waals surface area contributed by atoms with E-state index in [1.165, 1.54) is 4.31 Å². The molecule has 1 rings (SSSR count). The average molecular weight is 296 g/mol. The molecule has 4 nitrogen and oxygen atoms in total. The van der Waals surface area contributed by atoms with Crippen LogP contribution in [-0.4, -0.2) is 32.9 Å². The summed E-state index contributed by atoms with van der Waals surface area (Å²) >= 11 is 0. The fraction of sp³-hybridized carbons (Fsp3) is 0.467. The quantitative estimate of drug-likeness (QED) is 0.591. The molecule has 0 aliphatic carbocycles. The molecule has 0 amide bonds. The van der Waals surface area contributed by atoms with Crippen LogP contribution in [0, 0.1) is 6.92 Å². The van der Waals surface area contributed by atoms with Gasteiger partial charge in [-0.1, -0.05) is 25.1 Å². The van der Waals surface area contributed by atoms with Crippen LogP contribution >= 0.6 is 0 Å². The first-order valence-electron chi connectivity index (χ1n) is 6.81. The van der Waals surface area contributed by atoms with Crippen LogP contribution < -0.4 is 5.32 Å². The van der Waals surface area contributed by atoms with Crippen LogP contribution in [0.15, 0.2) is 35.7 Å². The van der Waals surface area contributed by atoms with Crippen molar-refractivity contribution in [3.8, 4) is 0 Å². The van der Waals surface area contributed by atoms with Gasteiger partial charge in [-0.15, -0.1) is 6.58 Å². The Morgan fingerprint density at radius 3 is 2.70 bits per heavy atom. The topological polar surface area (TPSA) is 49.4 Å². The zero-order chi connectivity index (χ0) is 15.2. The summed E-state index contributed by atoms with van der Waals surface area (Å²) in [6.07, 6.45) is 2.64. The Morgan fingerprint density at radius 2 is 2.10 bits per heavy atom. The third-order valence-electron chi connectivity index (χ3n) is 3.08. The number of benzene rings is 1. The molecule has 0 spiro atoms. The summed E-state index contributed by atoms with van der Waals surface area (Å²) in [5.74, 6) is 0. The molecule has 5 heteroatoms. The lowest BCUT2D eigenvalue weighted by Gasteiger charge is -2.17. The van der Waals surface area contributed by atoms with Crippen LogP contribution in [0.1, 0.15) is 24.5 Å². The van der Waals surface area contributed by atoms with Gasteiger partial charge in [0.1, 0.15) is 0 Å². The SMILES string of the molecule is C=CCN(C)S(=O)(=O)c1cc(CNCCC)ccc1C. The summed E-state index contributed by atoms with van der Waals surface area (Å²) in [6, 6.07) is 5.58. The largest absolute Gasteiger partial charge is 0.313 e. The average Bonchev–Trinajstić information content (AvgIpc) is 2.41. The third kappa shape index (κ3) is 4.16. The van der Waals surface area contributed by atoms with Gasteiger partial charge in [-0.05, 0) is 37.1 Å². The maximum Gasteiger partial charge on any atom is 0.243 e. The molecule has 1 aromatic rings. The first-order valence-corrected chi connectivity index (χ1v) is 8.25. The molecule has 0 fully saturated rings. The highest BCUT2D eigenvalue weighted by atomic mass is 32.2. The van der Waals surface area contributed by atoms with Crippen molar-refractivity contribution in [2.75, 3.05) is 20.1 Å². The molecular formula is C15H24N2O2S. The minimum absolute atomic E-state index is 0.306. The minimum Gasteiger partial charge on any atom is -0.313 e. The summed E-state index contributed by atoms with van der Waals surface area (Å²) in [5, 5.41) is 3.28. The predicted octanol–water partition coefficient (Wildman–Crippen LogP) is 2.30. The highest BCUT2D eigenvalue weighted by Gasteiger charge is 2.22. The van der Waals surface area contributed by atoms with E-state index in [0.29, 0.717) is 18.0 Å². The van der Waals surface area contributed by atoms with Gasteiger partial charge in [0.15, 0.2) is 0 Å². The number of likely N-dealkylation sites (N-methyl/N-ethyl adjacent to an activating group) is 1. The van der Waals surface area contributed by atoms with E-state index in [4.69, 9.17) is 0 Å². The molecule has 0 heterocycles. The van der Waals surface area contributed by atoms with E-state index in [1.54, 1.807) is 19.2 Å². The number of nitrogens with one attached hydrogen (secondary N) is 1. The second-order valence-electron chi connectivity index (χ2n) is 4.85. The highest BCUT2D eigenvalue weighted by Crippen LogP contribution is 2.20. The summed E-state index contributed by atoms with van der Waals surface area (Å²) < 4.78 is 26.3. The zero-order valence-corrected chi connectivity index (χ0v) is 13.3. The summed E-state index contributed by atoms with van der Waals surface area (Å²) in [4.78, 5) is 0.373. The van der Waals surface area contributed by atoms with Crippen molar-refractivity contribution in [2.24, 2.45) is 0 Å². The van der Waals surface area contributed by atoms with E-state index in [-0.39, 0.29) is 0 Å². The molecular weight excluding hydrogens is 272 g/mol. The Labute approximate surface area is 122 Å². The number of nitrogens with zero attached hydrogens (tertiary/aromatic N) is 1. The molecule has 0 atom stereocenters. The van der Waals surface area contributed by atoms with Gasteiger partial charge < -0.3 is 5.32 Å². The Balaban J connectivity index is 3.04. The highest BCUT2D eigenvalue weighted by molar-refractivity contribution is 7.89. The normalized spacial score (nSPS) is 11.8. The van der Waals surface area contributed by atoms with Crippen LogP contribution in [0.25, 0.3) is 0 Å². The van der Waals surface area contributed by atoms with Gasteiger partial charge in [0.25, 0.3) is 0 Å². The molecule has 0 aliphatic rings. The monoisotopic (exact) mass is 296 g/mol. The van der Waals surface area contributed by atoms with Crippen molar-refractivity contribution >= 4 is 10.0 Å². The van der Waals surface area contributed by atoms with Gasteiger partial charge in [0.05, 0.1) is 4.90 Å². The Hall–Kier alpha value is -1.17. The van der Waals surface area contributed by atoms with Gasteiger partial charge in [-0.3, -0.25) is 0 Å². The van der Waals surface area contributed by atoms with Crippen molar-refractivity contribution in [1.82, 2.24) is 9.62 Å². The Morgan fingerprint density at radius 1 is 1.40 bits per heavy atom. The van der Waals surface area contributed by atoms with Crippen molar-refractivity contribution < 1.29 is 8.42 Å². The van der Waals surface area contributed by atoms with Crippen LogP contribution in [-0.2, 0) is 16.6 Å². The van der Waals surface area contributed by atoms with Crippen LogP contribution in [0.4, 0.5) is 0 Å². The van der Waals surface area contributed by atoms with Gasteiger partial charge in [0, 0.05) is 20.1 Å². The second kappa shape index (κ2) is 7.57. The molecule has 0 saturated heterocycles. The lowest BCUT2D eigenvalue weighted by atomic mass is 10.1. The lowest BCUT2D eigenvalue weighted by molar-refractivity contribution is 0.498. The summed E-state index contributed by atoms with van der Waals surface area (Å²) in [6.45, 7) is 9.41. The van der Waals surface area contributed by atoms with Crippen molar-refractivity contribution in [3.63, 3.8) is 0 Å². The molecule has 0 saturated carbocycles. The number of hydrogen-bond acceptors (Lipinski definition) is 3. The zero-order valence-electron chi connectivity index (χ0n) is 12.5. The summed E-state index contributed by atoms with van der Waals surface area (Å²) in [5.41, 5.74) is 1.75. The molecule has 0 radical (unpaired) electrons. The van der Waals surface area contributed by atoms with E-state index in [2.05, 4.69) is 18.8 Å². The molecule has 112 valence electrons. The van der Waals surface area contributed by atoms with Crippen molar-refractivity contribution in [2.45, 2.75) is 31.7 Å². The Bertz CT molecular complexity index is 553.